The number of hydrogen-bond donors (Lipinski definition) is 0. The van der Waals surface area contributed by atoms with Crippen LogP contribution in [0.2, 0.25) is 10.0 Å². The Labute approximate surface area is 168 Å². The van der Waals surface area contributed by atoms with Crippen LogP contribution in [0, 0.1) is 0 Å². The first-order valence-electron chi connectivity index (χ1n) is 8.37. The van der Waals surface area contributed by atoms with Crippen LogP contribution in [0.5, 0.6) is 0 Å². The molecule has 2 rings (SSSR count). The van der Waals surface area contributed by atoms with Gasteiger partial charge in [0.15, 0.2) is 0 Å². The van der Waals surface area contributed by atoms with Crippen LogP contribution in [0.4, 0.5) is 0 Å². The van der Waals surface area contributed by atoms with Crippen molar-refractivity contribution in [1.82, 2.24) is 0 Å². The van der Waals surface area contributed by atoms with E-state index in [-0.39, 0.29) is 19.3 Å². The van der Waals surface area contributed by atoms with Crippen LogP contribution in [-0.2, 0) is 14.2 Å². The quantitative estimate of drug-likeness (QED) is 0.584. The Balaban J connectivity index is 1.74. The van der Waals surface area contributed by atoms with Gasteiger partial charge in [-0.05, 0) is 38.1 Å². The van der Waals surface area contributed by atoms with Crippen molar-refractivity contribution in [3.8, 4) is 0 Å². The molecule has 0 heterocycles. The van der Waals surface area contributed by atoms with E-state index in [0.29, 0.717) is 21.2 Å². The second kappa shape index (κ2) is 10.3. The molecule has 0 spiro atoms. The minimum atomic E-state index is -0.519. The van der Waals surface area contributed by atoms with Gasteiger partial charge in [-0.25, -0.2) is 9.59 Å². The SMILES string of the molecule is CC(COC(=O)c1ccccc1Cl)OCC(C)OC(=O)c1ccccc1Cl. The van der Waals surface area contributed by atoms with Gasteiger partial charge >= 0.3 is 11.9 Å². The molecule has 27 heavy (non-hydrogen) atoms. The number of benzene rings is 2. The van der Waals surface area contributed by atoms with Crippen LogP contribution >= 0.6 is 23.2 Å². The number of ether oxygens (including phenoxy) is 3. The maximum absolute atomic E-state index is 12.1. The summed E-state index contributed by atoms with van der Waals surface area (Å²) in [6.45, 7) is 3.66. The lowest BCUT2D eigenvalue weighted by molar-refractivity contribution is -0.0379. The molecule has 0 aliphatic carbocycles. The van der Waals surface area contributed by atoms with Crippen LogP contribution in [0.1, 0.15) is 34.6 Å². The predicted molar refractivity (Wildman–Crippen MR) is 103 cm³/mol. The normalized spacial score (nSPS) is 12.9. The molecule has 0 saturated heterocycles. The monoisotopic (exact) mass is 410 g/mol. The highest BCUT2D eigenvalue weighted by Gasteiger charge is 2.17. The fourth-order valence-corrected chi connectivity index (χ4v) is 2.58. The first-order chi connectivity index (χ1) is 12.9. The lowest BCUT2D eigenvalue weighted by Gasteiger charge is -2.18. The van der Waals surface area contributed by atoms with Crippen LogP contribution in [0.15, 0.2) is 48.5 Å². The second-order valence-corrected chi connectivity index (χ2v) is 6.73. The van der Waals surface area contributed by atoms with E-state index in [1.165, 1.54) is 0 Å². The van der Waals surface area contributed by atoms with Gasteiger partial charge in [0.05, 0.1) is 33.9 Å². The largest absolute Gasteiger partial charge is 0.459 e. The molecule has 0 fully saturated rings. The summed E-state index contributed by atoms with van der Waals surface area (Å²) >= 11 is 11.9. The molecule has 0 N–H and O–H groups in total. The zero-order chi connectivity index (χ0) is 19.8. The molecular formula is C20H20Cl2O5. The van der Waals surface area contributed by atoms with Crippen LogP contribution in [0.3, 0.4) is 0 Å². The number of rotatable bonds is 8. The van der Waals surface area contributed by atoms with Gasteiger partial charge in [0.1, 0.15) is 12.7 Å². The summed E-state index contributed by atoms with van der Waals surface area (Å²) in [5.41, 5.74) is 0.598. The molecule has 0 aliphatic rings. The summed E-state index contributed by atoms with van der Waals surface area (Å²) in [7, 11) is 0. The molecular weight excluding hydrogens is 391 g/mol. The third kappa shape index (κ3) is 6.54. The maximum atomic E-state index is 12.1. The summed E-state index contributed by atoms with van der Waals surface area (Å²) in [5, 5.41) is 0.659. The van der Waals surface area contributed by atoms with Crippen LogP contribution in [-0.4, -0.2) is 37.4 Å². The number of halogens is 2. The number of hydrogen-bond acceptors (Lipinski definition) is 5. The Morgan fingerprint density at radius 3 is 1.89 bits per heavy atom. The van der Waals surface area contributed by atoms with Gasteiger partial charge < -0.3 is 14.2 Å². The fourth-order valence-electron chi connectivity index (χ4n) is 2.15. The van der Waals surface area contributed by atoms with E-state index in [1.54, 1.807) is 62.4 Å². The highest BCUT2D eigenvalue weighted by molar-refractivity contribution is 6.33. The van der Waals surface area contributed by atoms with E-state index in [1.807, 2.05) is 0 Å². The van der Waals surface area contributed by atoms with E-state index >= 15 is 0 Å². The molecule has 0 aromatic heterocycles. The van der Waals surface area contributed by atoms with Crippen molar-refractivity contribution in [3.63, 3.8) is 0 Å². The molecule has 2 unspecified atom stereocenters. The molecule has 0 radical (unpaired) electrons. The molecule has 2 atom stereocenters. The highest BCUT2D eigenvalue weighted by atomic mass is 35.5. The molecule has 0 saturated carbocycles. The van der Waals surface area contributed by atoms with Crippen LogP contribution in [0.25, 0.3) is 0 Å². The summed E-state index contributed by atoms with van der Waals surface area (Å²) < 4.78 is 16.1. The summed E-state index contributed by atoms with van der Waals surface area (Å²) in [6, 6.07) is 13.3. The van der Waals surface area contributed by atoms with Gasteiger partial charge in [0.2, 0.25) is 0 Å². The number of esters is 2. The minimum absolute atomic E-state index is 0.0508. The van der Waals surface area contributed by atoms with E-state index in [9.17, 15) is 9.59 Å². The van der Waals surface area contributed by atoms with E-state index in [0.717, 1.165) is 0 Å². The molecule has 5 nitrogen and oxygen atoms in total. The first kappa shape index (κ1) is 21.2. The average molecular weight is 411 g/mol. The molecule has 0 aliphatic heterocycles. The van der Waals surface area contributed by atoms with Gasteiger partial charge in [0, 0.05) is 0 Å². The summed E-state index contributed by atoms with van der Waals surface area (Å²) in [6.07, 6.45) is -0.867. The number of carbonyl (C=O) groups is 2. The zero-order valence-corrected chi connectivity index (χ0v) is 16.5. The predicted octanol–water partition coefficient (Wildman–Crippen LogP) is 4.80. The lowest BCUT2D eigenvalue weighted by Crippen LogP contribution is -2.26. The van der Waals surface area contributed by atoms with Gasteiger partial charge in [-0.2, -0.15) is 0 Å². The fraction of sp³-hybridized carbons (Fsp3) is 0.300. The van der Waals surface area contributed by atoms with Crippen molar-refractivity contribution < 1.29 is 23.8 Å². The minimum Gasteiger partial charge on any atom is -0.459 e. The second-order valence-electron chi connectivity index (χ2n) is 5.92. The Morgan fingerprint density at radius 2 is 1.33 bits per heavy atom. The van der Waals surface area contributed by atoms with Gasteiger partial charge in [-0.1, -0.05) is 47.5 Å². The summed E-state index contributed by atoms with van der Waals surface area (Å²) in [4.78, 5) is 24.1. The van der Waals surface area contributed by atoms with Gasteiger partial charge in [0.25, 0.3) is 0 Å². The Bertz CT molecular complexity index is 793. The number of carbonyl (C=O) groups excluding carboxylic acids is 2. The van der Waals surface area contributed by atoms with Crippen molar-refractivity contribution in [2.45, 2.75) is 26.1 Å². The van der Waals surface area contributed by atoms with Crippen molar-refractivity contribution in [3.05, 3.63) is 69.7 Å². The van der Waals surface area contributed by atoms with Crippen molar-refractivity contribution in [2.24, 2.45) is 0 Å². The smallest absolute Gasteiger partial charge is 0.339 e. The molecule has 7 heteroatoms. The summed E-state index contributed by atoms with van der Waals surface area (Å²) in [5.74, 6) is -1.04. The standard InChI is InChI=1S/C20H20Cl2O5/c1-13(11-26-19(23)15-7-3-5-9-17(15)21)25-12-14(2)27-20(24)16-8-4-6-10-18(16)22/h3-10,13-14H,11-12H2,1-2H3. The Kier molecular flexibility index (Phi) is 8.10. The molecule has 0 amide bonds. The Morgan fingerprint density at radius 1 is 0.815 bits per heavy atom. The van der Waals surface area contributed by atoms with Gasteiger partial charge in [-0.3, -0.25) is 0 Å². The average Bonchev–Trinajstić information content (AvgIpc) is 2.65. The molecule has 2 aromatic rings. The van der Waals surface area contributed by atoms with Crippen LogP contribution < -0.4 is 0 Å². The topological polar surface area (TPSA) is 61.8 Å². The van der Waals surface area contributed by atoms with Crippen molar-refractivity contribution >= 4 is 35.1 Å². The highest BCUT2D eigenvalue weighted by Crippen LogP contribution is 2.17. The van der Waals surface area contributed by atoms with Crippen molar-refractivity contribution in [2.75, 3.05) is 13.2 Å². The maximum Gasteiger partial charge on any atom is 0.339 e. The Hall–Kier alpha value is -2.08. The van der Waals surface area contributed by atoms with E-state index in [4.69, 9.17) is 37.4 Å². The van der Waals surface area contributed by atoms with E-state index < -0.39 is 18.0 Å². The third-order valence-electron chi connectivity index (χ3n) is 3.56. The molecule has 0 bridgehead atoms. The zero-order valence-electron chi connectivity index (χ0n) is 15.0. The lowest BCUT2D eigenvalue weighted by atomic mass is 10.2. The third-order valence-corrected chi connectivity index (χ3v) is 4.22. The first-order valence-corrected chi connectivity index (χ1v) is 9.13. The van der Waals surface area contributed by atoms with Crippen molar-refractivity contribution in [1.29, 1.82) is 0 Å². The molecule has 144 valence electrons. The van der Waals surface area contributed by atoms with E-state index in [2.05, 4.69) is 0 Å². The van der Waals surface area contributed by atoms with Gasteiger partial charge in [-0.15, -0.1) is 0 Å². The molecule has 2 aromatic carbocycles.